The summed E-state index contributed by atoms with van der Waals surface area (Å²) in [4.78, 5) is 11.4. The SMILES string of the molecule is CCCC(CC)COc1cccc(C(=O)OC)c1. The molecule has 0 radical (unpaired) electrons. The van der Waals surface area contributed by atoms with Crippen molar-refractivity contribution >= 4 is 5.97 Å². The predicted octanol–water partition coefficient (Wildman–Crippen LogP) is 3.68. The zero-order chi connectivity index (χ0) is 13.4. The van der Waals surface area contributed by atoms with Crippen LogP contribution in [0.15, 0.2) is 24.3 Å². The highest BCUT2D eigenvalue weighted by atomic mass is 16.5. The first-order valence-electron chi connectivity index (χ1n) is 6.52. The van der Waals surface area contributed by atoms with E-state index in [9.17, 15) is 4.79 Å². The summed E-state index contributed by atoms with van der Waals surface area (Å²) in [5, 5.41) is 0. The van der Waals surface area contributed by atoms with E-state index in [0.29, 0.717) is 18.1 Å². The molecule has 1 atom stereocenters. The molecular formula is C15H22O3. The van der Waals surface area contributed by atoms with Gasteiger partial charge in [-0.15, -0.1) is 0 Å². The molecule has 1 aromatic rings. The lowest BCUT2D eigenvalue weighted by Crippen LogP contribution is -2.11. The zero-order valence-corrected chi connectivity index (χ0v) is 11.4. The van der Waals surface area contributed by atoms with Crippen LogP contribution in [0.5, 0.6) is 5.75 Å². The Labute approximate surface area is 109 Å². The molecule has 0 bridgehead atoms. The second kappa shape index (κ2) is 7.75. The third-order valence-corrected chi connectivity index (χ3v) is 3.02. The maximum absolute atomic E-state index is 11.4. The normalized spacial score (nSPS) is 11.9. The lowest BCUT2D eigenvalue weighted by Gasteiger charge is -2.15. The molecule has 0 saturated heterocycles. The average molecular weight is 250 g/mol. The number of esters is 1. The van der Waals surface area contributed by atoms with Crippen LogP contribution in [0.4, 0.5) is 0 Å². The van der Waals surface area contributed by atoms with Crippen molar-refractivity contribution in [1.29, 1.82) is 0 Å². The quantitative estimate of drug-likeness (QED) is 0.692. The van der Waals surface area contributed by atoms with Gasteiger partial charge in [0.25, 0.3) is 0 Å². The van der Waals surface area contributed by atoms with E-state index < -0.39 is 0 Å². The number of carbonyl (C=O) groups excluding carboxylic acids is 1. The van der Waals surface area contributed by atoms with Gasteiger partial charge in [-0.3, -0.25) is 0 Å². The molecule has 0 aromatic heterocycles. The first-order chi connectivity index (χ1) is 8.71. The van der Waals surface area contributed by atoms with E-state index in [2.05, 4.69) is 18.6 Å². The molecule has 100 valence electrons. The molecule has 0 N–H and O–H groups in total. The standard InChI is InChI=1S/C15H22O3/c1-4-7-12(5-2)11-18-14-9-6-8-13(10-14)15(16)17-3/h6,8-10,12H,4-5,7,11H2,1-3H3. The summed E-state index contributed by atoms with van der Waals surface area (Å²) in [5.41, 5.74) is 0.526. The van der Waals surface area contributed by atoms with Gasteiger partial charge in [0.2, 0.25) is 0 Å². The third kappa shape index (κ3) is 4.40. The highest BCUT2D eigenvalue weighted by Gasteiger charge is 2.08. The molecule has 1 unspecified atom stereocenters. The number of ether oxygens (including phenoxy) is 2. The summed E-state index contributed by atoms with van der Waals surface area (Å²) >= 11 is 0. The molecule has 0 heterocycles. The van der Waals surface area contributed by atoms with Gasteiger partial charge < -0.3 is 9.47 Å². The number of benzene rings is 1. The van der Waals surface area contributed by atoms with Gasteiger partial charge in [0.05, 0.1) is 19.3 Å². The van der Waals surface area contributed by atoms with Gasteiger partial charge in [-0.2, -0.15) is 0 Å². The van der Waals surface area contributed by atoms with Crippen molar-refractivity contribution in [2.75, 3.05) is 13.7 Å². The minimum absolute atomic E-state index is 0.332. The van der Waals surface area contributed by atoms with Crippen LogP contribution < -0.4 is 4.74 Å². The molecular weight excluding hydrogens is 228 g/mol. The summed E-state index contributed by atoms with van der Waals surface area (Å²) < 4.78 is 10.4. The van der Waals surface area contributed by atoms with E-state index in [1.54, 1.807) is 12.1 Å². The van der Waals surface area contributed by atoms with Crippen LogP contribution in [0.3, 0.4) is 0 Å². The summed E-state index contributed by atoms with van der Waals surface area (Å²) in [6, 6.07) is 7.13. The summed E-state index contributed by atoms with van der Waals surface area (Å²) in [6.45, 7) is 5.06. The zero-order valence-electron chi connectivity index (χ0n) is 11.4. The smallest absolute Gasteiger partial charge is 0.337 e. The van der Waals surface area contributed by atoms with E-state index in [4.69, 9.17) is 4.74 Å². The van der Waals surface area contributed by atoms with Gasteiger partial charge in [0.15, 0.2) is 0 Å². The first-order valence-corrected chi connectivity index (χ1v) is 6.52. The van der Waals surface area contributed by atoms with Crippen LogP contribution in [0, 0.1) is 5.92 Å². The monoisotopic (exact) mass is 250 g/mol. The molecule has 0 fully saturated rings. The van der Waals surface area contributed by atoms with Crippen molar-refractivity contribution in [3.8, 4) is 5.75 Å². The fourth-order valence-corrected chi connectivity index (χ4v) is 1.86. The number of hydrogen-bond donors (Lipinski definition) is 0. The molecule has 0 aliphatic heterocycles. The topological polar surface area (TPSA) is 35.5 Å². The molecule has 0 saturated carbocycles. The Balaban J connectivity index is 2.59. The fourth-order valence-electron chi connectivity index (χ4n) is 1.86. The van der Waals surface area contributed by atoms with Gasteiger partial charge in [-0.05, 0) is 30.5 Å². The Morgan fingerprint density at radius 1 is 1.33 bits per heavy atom. The highest BCUT2D eigenvalue weighted by Crippen LogP contribution is 2.17. The van der Waals surface area contributed by atoms with Crippen LogP contribution >= 0.6 is 0 Å². The summed E-state index contributed by atoms with van der Waals surface area (Å²) in [5.74, 6) is 0.977. The van der Waals surface area contributed by atoms with E-state index in [1.165, 1.54) is 20.0 Å². The Kier molecular flexibility index (Phi) is 6.26. The summed E-state index contributed by atoms with van der Waals surface area (Å²) in [6.07, 6.45) is 3.46. The van der Waals surface area contributed by atoms with E-state index >= 15 is 0 Å². The fraction of sp³-hybridized carbons (Fsp3) is 0.533. The molecule has 1 aromatic carbocycles. The average Bonchev–Trinajstić information content (AvgIpc) is 2.42. The van der Waals surface area contributed by atoms with Crippen molar-refractivity contribution in [1.82, 2.24) is 0 Å². The van der Waals surface area contributed by atoms with Crippen LogP contribution in [0.1, 0.15) is 43.5 Å². The second-order valence-corrected chi connectivity index (χ2v) is 4.39. The number of carbonyl (C=O) groups is 1. The van der Waals surface area contributed by atoms with E-state index in [0.717, 1.165) is 12.2 Å². The van der Waals surface area contributed by atoms with Gasteiger partial charge in [0.1, 0.15) is 5.75 Å². The molecule has 0 aliphatic carbocycles. The van der Waals surface area contributed by atoms with Crippen molar-refractivity contribution in [3.63, 3.8) is 0 Å². The lowest BCUT2D eigenvalue weighted by atomic mass is 10.0. The van der Waals surface area contributed by atoms with Crippen molar-refractivity contribution in [2.24, 2.45) is 5.92 Å². The maximum Gasteiger partial charge on any atom is 0.337 e. The first kappa shape index (κ1) is 14.6. The number of hydrogen-bond acceptors (Lipinski definition) is 3. The second-order valence-electron chi connectivity index (χ2n) is 4.39. The minimum Gasteiger partial charge on any atom is -0.493 e. The third-order valence-electron chi connectivity index (χ3n) is 3.02. The Hall–Kier alpha value is -1.51. The molecule has 0 aliphatic rings. The summed E-state index contributed by atoms with van der Waals surface area (Å²) in [7, 11) is 1.38. The Morgan fingerprint density at radius 3 is 2.72 bits per heavy atom. The molecule has 0 amide bonds. The maximum atomic E-state index is 11.4. The Bertz CT molecular complexity index is 374. The molecule has 18 heavy (non-hydrogen) atoms. The van der Waals surface area contributed by atoms with Crippen molar-refractivity contribution in [2.45, 2.75) is 33.1 Å². The van der Waals surface area contributed by atoms with Crippen LogP contribution in [0.25, 0.3) is 0 Å². The number of methoxy groups -OCH3 is 1. The largest absolute Gasteiger partial charge is 0.493 e. The minimum atomic E-state index is -0.332. The molecule has 1 rings (SSSR count). The lowest BCUT2D eigenvalue weighted by molar-refractivity contribution is 0.0600. The predicted molar refractivity (Wildman–Crippen MR) is 72.0 cm³/mol. The number of rotatable bonds is 7. The van der Waals surface area contributed by atoms with Crippen molar-refractivity contribution in [3.05, 3.63) is 29.8 Å². The van der Waals surface area contributed by atoms with Crippen LogP contribution in [0.2, 0.25) is 0 Å². The molecule has 3 nitrogen and oxygen atoms in total. The van der Waals surface area contributed by atoms with Gasteiger partial charge in [-0.25, -0.2) is 4.79 Å². The van der Waals surface area contributed by atoms with Crippen LogP contribution in [-0.2, 0) is 4.74 Å². The van der Waals surface area contributed by atoms with Gasteiger partial charge in [0, 0.05) is 0 Å². The van der Waals surface area contributed by atoms with Gasteiger partial charge in [-0.1, -0.05) is 32.8 Å². The van der Waals surface area contributed by atoms with E-state index in [1.807, 2.05) is 12.1 Å². The van der Waals surface area contributed by atoms with Crippen molar-refractivity contribution < 1.29 is 14.3 Å². The molecule has 0 spiro atoms. The van der Waals surface area contributed by atoms with Gasteiger partial charge >= 0.3 is 5.97 Å². The van der Waals surface area contributed by atoms with Crippen LogP contribution in [-0.4, -0.2) is 19.7 Å². The highest BCUT2D eigenvalue weighted by molar-refractivity contribution is 5.89. The Morgan fingerprint density at radius 2 is 2.11 bits per heavy atom. The molecule has 3 heteroatoms. The van der Waals surface area contributed by atoms with E-state index in [-0.39, 0.29) is 5.97 Å².